The van der Waals surface area contributed by atoms with E-state index in [1.807, 2.05) is 0 Å². The van der Waals surface area contributed by atoms with E-state index in [1.165, 1.54) is 25.7 Å². The largest absolute Gasteiger partial charge is 2.00 e. The van der Waals surface area contributed by atoms with Gasteiger partial charge in [0, 0.05) is 49.8 Å². The van der Waals surface area contributed by atoms with Crippen molar-refractivity contribution in [1.82, 2.24) is 0 Å². The van der Waals surface area contributed by atoms with Gasteiger partial charge in [0.1, 0.15) is 11.6 Å². The van der Waals surface area contributed by atoms with Crippen molar-refractivity contribution >= 4 is 23.5 Å². The van der Waals surface area contributed by atoms with Crippen LogP contribution in [0.25, 0.3) is 0 Å². The number of carboxylic acid groups (broad SMARTS) is 2. The number of carboxylic acids is 2. The number of hydrogen-bond donors (Lipinski definition) is 2. The number of ketones is 2. The van der Waals surface area contributed by atoms with Crippen molar-refractivity contribution in [3.05, 3.63) is 0 Å². The Balaban J connectivity index is -0.000000128. The van der Waals surface area contributed by atoms with Crippen LogP contribution < -0.4 is 10.2 Å². The van der Waals surface area contributed by atoms with Gasteiger partial charge in [-0.2, -0.15) is 0 Å². The molecule has 0 heterocycles. The zero-order chi connectivity index (χ0) is 27.4. The summed E-state index contributed by atoms with van der Waals surface area (Å²) in [6.45, 7) is 11.1. The predicted molar refractivity (Wildman–Crippen MR) is 131 cm³/mol. The molecule has 0 aliphatic heterocycles. The van der Waals surface area contributed by atoms with Crippen LogP contribution in [-0.2, 0) is 40.9 Å². The molecule has 0 aromatic heterocycles. The van der Waals surface area contributed by atoms with Gasteiger partial charge < -0.3 is 30.0 Å². The van der Waals surface area contributed by atoms with E-state index >= 15 is 0 Å². The first kappa shape index (κ1) is 43.9. The average Bonchev–Trinajstić information content (AvgIpc) is 2.66. The minimum atomic E-state index is -1.27. The quantitative estimate of drug-likeness (QED) is 0.173. The molecule has 0 amide bonds. The summed E-state index contributed by atoms with van der Waals surface area (Å²) in [6, 6.07) is 0. The van der Waals surface area contributed by atoms with Crippen LogP contribution in [0.15, 0.2) is 0 Å². The van der Waals surface area contributed by atoms with E-state index in [2.05, 4.69) is 13.8 Å². The first-order chi connectivity index (χ1) is 15.8. The van der Waals surface area contributed by atoms with Crippen LogP contribution in [0.4, 0.5) is 0 Å². The molecule has 0 fully saturated rings. The van der Waals surface area contributed by atoms with E-state index in [-0.39, 0.29) is 45.5 Å². The fourth-order valence-corrected chi connectivity index (χ4v) is 2.35. The first-order valence-electron chi connectivity index (χ1n) is 12.6. The summed E-state index contributed by atoms with van der Waals surface area (Å²) in [5.41, 5.74) is 0. The normalized spacial score (nSPS) is 9.43. The van der Waals surface area contributed by atoms with Crippen molar-refractivity contribution in [2.24, 2.45) is 0 Å². The molecule has 0 spiro atoms. The Hall–Kier alpha value is -1.09. The Kier molecular flexibility index (Phi) is 44.0. The Labute approximate surface area is 228 Å². The molecule has 0 aliphatic rings. The van der Waals surface area contributed by atoms with Gasteiger partial charge in [-0.1, -0.05) is 65.2 Å². The number of aliphatic hydroxyl groups excluding tert-OH is 2. The van der Waals surface area contributed by atoms with Gasteiger partial charge in [0.05, 0.1) is 0 Å². The Morgan fingerprint density at radius 3 is 1.00 bits per heavy atom. The second-order valence-corrected chi connectivity index (χ2v) is 8.69. The smallest absolute Gasteiger partial charge is 0.550 e. The summed E-state index contributed by atoms with van der Waals surface area (Å²) >= 11 is 0. The Morgan fingerprint density at radius 2 is 0.800 bits per heavy atom. The Bertz CT molecular complexity index is 444. The monoisotopic (exact) mass is 538 g/mol. The Morgan fingerprint density at radius 1 is 0.571 bits per heavy atom. The number of unbranched alkanes of at least 4 members (excludes halogenated alkanes) is 8. The molecule has 0 unspecified atom stereocenters. The second-order valence-electron chi connectivity index (χ2n) is 8.69. The number of aliphatic hydroxyl groups is 2. The third-order valence-electron chi connectivity index (χ3n) is 3.80. The summed E-state index contributed by atoms with van der Waals surface area (Å²) in [6.07, 6.45) is 10.3. The molecule has 0 saturated heterocycles. The first-order valence-corrected chi connectivity index (χ1v) is 12.6. The molecule has 0 bridgehead atoms. The van der Waals surface area contributed by atoms with E-state index in [9.17, 15) is 29.4 Å². The van der Waals surface area contributed by atoms with Crippen molar-refractivity contribution < 1.29 is 61.3 Å². The van der Waals surface area contributed by atoms with Crippen molar-refractivity contribution in [2.75, 3.05) is 0 Å². The van der Waals surface area contributed by atoms with E-state index in [0.717, 1.165) is 38.5 Å². The number of rotatable bonds is 16. The molecule has 2 N–H and O–H groups in total. The molecule has 0 rings (SSSR count). The fraction of sp³-hybridized carbons (Fsp3) is 0.846. The molecule has 0 aromatic rings. The third-order valence-corrected chi connectivity index (χ3v) is 3.80. The van der Waals surface area contributed by atoms with E-state index in [1.54, 1.807) is 27.7 Å². The number of Topliss-reactive ketones (excluding diaryl/α,β-unsaturated/α-hetero) is 2. The van der Waals surface area contributed by atoms with Gasteiger partial charge in [-0.15, -0.1) is 0 Å². The van der Waals surface area contributed by atoms with Crippen LogP contribution >= 0.6 is 0 Å². The molecule has 35 heavy (non-hydrogen) atoms. The topological polar surface area (TPSA) is 155 Å². The summed E-state index contributed by atoms with van der Waals surface area (Å²) in [5, 5.41) is 36.1. The number of carbonyl (C=O) groups is 4. The van der Waals surface area contributed by atoms with Gasteiger partial charge >= 0.3 is 21.7 Å². The molecule has 0 aromatic carbocycles. The molecule has 8 nitrogen and oxygen atoms in total. The molecule has 0 aliphatic carbocycles. The van der Waals surface area contributed by atoms with Crippen molar-refractivity contribution in [2.45, 2.75) is 144 Å². The number of aliphatic carboxylic acids is 2. The maximum Gasteiger partial charge on any atom is 2.00 e. The molecule has 0 radical (unpaired) electrons. The average molecular weight is 539 g/mol. The van der Waals surface area contributed by atoms with Gasteiger partial charge in [0.15, 0.2) is 0 Å². The molecule has 0 saturated carbocycles. The van der Waals surface area contributed by atoms with E-state index in [0.29, 0.717) is 12.8 Å². The number of carbonyl (C=O) groups excluding carboxylic acids is 4. The van der Waals surface area contributed by atoms with Crippen LogP contribution in [0.1, 0.15) is 131 Å². The molecule has 206 valence electrons. The SMILES string of the molecule is CC(C)O.CC(C)O.CCCCCCCC(=O)CC(=O)[O-].CCCCCCCC(=O)CC(=O)[O-].[Ti+2]. The van der Waals surface area contributed by atoms with Crippen molar-refractivity contribution in [1.29, 1.82) is 0 Å². The standard InChI is InChI=1S/2C10H18O3.2C3H8O.Ti/c2*1-2-3-4-5-6-7-9(11)8-10(12)13;2*1-3(2)4;/h2*2-8H2,1H3,(H,12,13);2*3-4H,1-2H3;/q;;;;+2/p-2. The van der Waals surface area contributed by atoms with Crippen LogP contribution in [0.3, 0.4) is 0 Å². The van der Waals surface area contributed by atoms with E-state index < -0.39 is 24.8 Å². The zero-order valence-electron chi connectivity index (χ0n) is 22.9. The van der Waals surface area contributed by atoms with Crippen LogP contribution in [0, 0.1) is 0 Å². The minimum Gasteiger partial charge on any atom is -0.550 e. The summed E-state index contributed by atoms with van der Waals surface area (Å²) in [4.78, 5) is 41.8. The van der Waals surface area contributed by atoms with Crippen molar-refractivity contribution in [3.8, 4) is 0 Å². The summed E-state index contributed by atoms with van der Waals surface area (Å²) in [7, 11) is 0. The van der Waals surface area contributed by atoms with Gasteiger partial charge in [-0.25, -0.2) is 0 Å². The minimum absolute atomic E-state index is 0. The summed E-state index contributed by atoms with van der Waals surface area (Å²) in [5.74, 6) is -2.95. The third kappa shape index (κ3) is 71.9. The fourth-order valence-electron chi connectivity index (χ4n) is 2.35. The van der Waals surface area contributed by atoms with Crippen LogP contribution in [0.5, 0.6) is 0 Å². The molecule has 9 heteroatoms. The van der Waals surface area contributed by atoms with Crippen LogP contribution in [0.2, 0.25) is 0 Å². The summed E-state index contributed by atoms with van der Waals surface area (Å²) < 4.78 is 0. The number of hydrogen-bond acceptors (Lipinski definition) is 8. The van der Waals surface area contributed by atoms with Gasteiger partial charge in [-0.3, -0.25) is 9.59 Å². The van der Waals surface area contributed by atoms with Gasteiger partial charge in [0.25, 0.3) is 0 Å². The zero-order valence-corrected chi connectivity index (χ0v) is 24.5. The maximum atomic E-state index is 10.9. The predicted octanol–water partition coefficient (Wildman–Crippen LogP) is 2.88. The second kappa shape index (κ2) is 35.1. The van der Waals surface area contributed by atoms with Crippen LogP contribution in [-0.4, -0.2) is 45.9 Å². The van der Waals surface area contributed by atoms with Gasteiger partial charge in [0.2, 0.25) is 0 Å². The van der Waals surface area contributed by atoms with E-state index in [4.69, 9.17) is 10.2 Å². The maximum absolute atomic E-state index is 10.9. The molecular formula is C26H50O8Ti. The van der Waals surface area contributed by atoms with Gasteiger partial charge in [-0.05, 0) is 40.5 Å². The van der Waals surface area contributed by atoms with Crippen molar-refractivity contribution in [3.63, 3.8) is 0 Å². The molecular weight excluding hydrogens is 488 g/mol. The molecule has 0 atom stereocenters.